The van der Waals surface area contributed by atoms with Crippen LogP contribution in [0.4, 0.5) is 5.69 Å². The van der Waals surface area contributed by atoms with Crippen LogP contribution in [0.1, 0.15) is 23.7 Å². The van der Waals surface area contributed by atoms with Crippen LogP contribution < -0.4 is 19.1 Å². The van der Waals surface area contributed by atoms with Gasteiger partial charge in [0.2, 0.25) is 10.0 Å². The molecule has 27 heavy (non-hydrogen) atoms. The molecule has 0 spiro atoms. The van der Waals surface area contributed by atoms with Gasteiger partial charge in [0, 0.05) is 24.8 Å². The number of anilines is 1. The van der Waals surface area contributed by atoms with Crippen LogP contribution in [0.2, 0.25) is 0 Å². The first-order chi connectivity index (χ1) is 12.8. The summed E-state index contributed by atoms with van der Waals surface area (Å²) in [6, 6.07) is 11.4. The van der Waals surface area contributed by atoms with Gasteiger partial charge in [0.05, 0.1) is 14.2 Å². The van der Waals surface area contributed by atoms with Gasteiger partial charge < -0.3 is 14.4 Å². The van der Waals surface area contributed by atoms with E-state index in [1.807, 2.05) is 6.92 Å². The first-order valence-electron chi connectivity index (χ1n) is 8.43. The molecule has 1 amide bonds. The number of nitrogens with one attached hydrogen (secondary N) is 1. The Morgan fingerprint density at radius 1 is 1.07 bits per heavy atom. The highest BCUT2D eigenvalue weighted by atomic mass is 32.2. The van der Waals surface area contributed by atoms with Crippen LogP contribution in [0, 0.1) is 0 Å². The number of carbonyl (C=O) groups excluding carboxylic acids is 1. The smallest absolute Gasteiger partial charge is 0.258 e. The SMILES string of the molecule is CCCNS(=O)(=O)c1cc(C(=O)N(C)c2ccc(OC)cc2)ccc1OC. The molecule has 0 aliphatic rings. The predicted molar refractivity (Wildman–Crippen MR) is 104 cm³/mol. The molecule has 146 valence electrons. The van der Waals surface area contributed by atoms with E-state index in [0.717, 1.165) is 0 Å². The molecular formula is C19H24N2O5S. The van der Waals surface area contributed by atoms with Gasteiger partial charge in [0.1, 0.15) is 16.4 Å². The van der Waals surface area contributed by atoms with E-state index in [0.29, 0.717) is 24.4 Å². The second-order valence-electron chi connectivity index (χ2n) is 5.83. The van der Waals surface area contributed by atoms with Crippen LogP contribution in [-0.4, -0.2) is 42.1 Å². The maximum Gasteiger partial charge on any atom is 0.258 e. The van der Waals surface area contributed by atoms with Gasteiger partial charge in [-0.3, -0.25) is 4.79 Å². The summed E-state index contributed by atoms with van der Waals surface area (Å²) in [5.41, 5.74) is 0.899. The zero-order chi connectivity index (χ0) is 20.0. The van der Waals surface area contributed by atoms with Crippen LogP contribution in [0.15, 0.2) is 47.4 Å². The highest BCUT2D eigenvalue weighted by molar-refractivity contribution is 7.89. The summed E-state index contributed by atoms with van der Waals surface area (Å²) in [7, 11) is 0.793. The second kappa shape index (κ2) is 8.88. The normalized spacial score (nSPS) is 11.1. The molecule has 0 saturated carbocycles. The van der Waals surface area contributed by atoms with Crippen LogP contribution in [0.25, 0.3) is 0 Å². The number of hydrogen-bond donors (Lipinski definition) is 1. The number of sulfonamides is 1. The summed E-state index contributed by atoms with van der Waals surface area (Å²) in [5.74, 6) is 0.524. The summed E-state index contributed by atoms with van der Waals surface area (Å²) in [6.07, 6.45) is 0.653. The molecule has 8 heteroatoms. The van der Waals surface area contributed by atoms with Crippen molar-refractivity contribution < 1.29 is 22.7 Å². The van der Waals surface area contributed by atoms with Crippen molar-refractivity contribution in [2.75, 3.05) is 32.7 Å². The molecule has 0 atom stereocenters. The molecule has 0 aliphatic heterocycles. The monoisotopic (exact) mass is 392 g/mol. The number of rotatable bonds is 8. The Kier molecular flexibility index (Phi) is 6.81. The quantitative estimate of drug-likeness (QED) is 0.747. The van der Waals surface area contributed by atoms with Gasteiger partial charge in [-0.2, -0.15) is 0 Å². The van der Waals surface area contributed by atoms with Gasteiger partial charge in [-0.1, -0.05) is 6.92 Å². The molecule has 0 unspecified atom stereocenters. The first-order valence-corrected chi connectivity index (χ1v) is 9.92. The number of nitrogens with zero attached hydrogens (tertiary/aromatic N) is 1. The van der Waals surface area contributed by atoms with Gasteiger partial charge in [-0.15, -0.1) is 0 Å². The molecule has 1 N–H and O–H groups in total. The zero-order valence-corrected chi connectivity index (χ0v) is 16.7. The Labute approximate surface area is 160 Å². The predicted octanol–water partition coefficient (Wildman–Crippen LogP) is 2.67. The van der Waals surface area contributed by atoms with E-state index in [4.69, 9.17) is 9.47 Å². The lowest BCUT2D eigenvalue weighted by molar-refractivity contribution is 0.0992. The summed E-state index contributed by atoms with van der Waals surface area (Å²) in [6.45, 7) is 2.17. The van der Waals surface area contributed by atoms with Crippen molar-refractivity contribution in [1.82, 2.24) is 4.72 Å². The van der Waals surface area contributed by atoms with E-state index in [-0.39, 0.29) is 22.1 Å². The van der Waals surface area contributed by atoms with E-state index >= 15 is 0 Å². The fraction of sp³-hybridized carbons (Fsp3) is 0.316. The Morgan fingerprint density at radius 2 is 1.74 bits per heavy atom. The summed E-state index contributed by atoms with van der Waals surface area (Å²) in [5, 5.41) is 0. The van der Waals surface area contributed by atoms with Crippen molar-refractivity contribution in [3.63, 3.8) is 0 Å². The van der Waals surface area contributed by atoms with Crippen molar-refractivity contribution >= 4 is 21.6 Å². The fourth-order valence-electron chi connectivity index (χ4n) is 2.45. The largest absolute Gasteiger partial charge is 0.497 e. The summed E-state index contributed by atoms with van der Waals surface area (Å²) >= 11 is 0. The molecule has 0 aliphatic carbocycles. The van der Waals surface area contributed by atoms with Crippen LogP contribution in [0.5, 0.6) is 11.5 Å². The summed E-state index contributed by atoms with van der Waals surface area (Å²) < 4.78 is 37.8. The molecule has 0 fully saturated rings. The average molecular weight is 392 g/mol. The Bertz CT molecular complexity index is 895. The van der Waals surface area contributed by atoms with Gasteiger partial charge >= 0.3 is 0 Å². The number of ether oxygens (including phenoxy) is 2. The lowest BCUT2D eigenvalue weighted by Gasteiger charge is -2.19. The third kappa shape index (κ3) is 4.78. The molecule has 2 aromatic carbocycles. The van der Waals surface area contributed by atoms with E-state index < -0.39 is 10.0 Å². The Hall–Kier alpha value is -2.58. The lowest BCUT2D eigenvalue weighted by Crippen LogP contribution is -2.28. The van der Waals surface area contributed by atoms with E-state index in [9.17, 15) is 13.2 Å². The minimum absolute atomic E-state index is 0.0626. The zero-order valence-electron chi connectivity index (χ0n) is 15.9. The van der Waals surface area contributed by atoms with E-state index in [1.54, 1.807) is 44.5 Å². The minimum atomic E-state index is -3.78. The second-order valence-corrected chi connectivity index (χ2v) is 7.56. The van der Waals surface area contributed by atoms with Crippen molar-refractivity contribution in [3.8, 4) is 11.5 Å². The first kappa shape index (κ1) is 20.7. The molecule has 0 aromatic heterocycles. The Morgan fingerprint density at radius 3 is 2.30 bits per heavy atom. The number of amides is 1. The number of hydrogen-bond acceptors (Lipinski definition) is 5. The lowest BCUT2D eigenvalue weighted by atomic mass is 10.1. The molecule has 0 heterocycles. The molecule has 0 saturated heterocycles. The standard InChI is InChI=1S/C19H24N2O5S/c1-5-12-20-27(23,24)18-13-14(6-11-17(18)26-4)19(22)21(2)15-7-9-16(25-3)10-8-15/h6-11,13,20H,5,12H2,1-4H3. The van der Waals surface area contributed by atoms with Crippen LogP contribution >= 0.6 is 0 Å². The van der Waals surface area contributed by atoms with Crippen molar-refractivity contribution in [3.05, 3.63) is 48.0 Å². The van der Waals surface area contributed by atoms with E-state index in [1.165, 1.54) is 24.1 Å². The van der Waals surface area contributed by atoms with E-state index in [2.05, 4.69) is 4.72 Å². The van der Waals surface area contributed by atoms with Crippen LogP contribution in [-0.2, 0) is 10.0 Å². The molecule has 7 nitrogen and oxygen atoms in total. The van der Waals surface area contributed by atoms with Gasteiger partial charge in [0.25, 0.3) is 5.91 Å². The van der Waals surface area contributed by atoms with Gasteiger partial charge in [-0.05, 0) is 48.9 Å². The molecule has 0 radical (unpaired) electrons. The highest BCUT2D eigenvalue weighted by Gasteiger charge is 2.22. The molecule has 0 bridgehead atoms. The molecular weight excluding hydrogens is 368 g/mol. The maximum atomic E-state index is 12.8. The number of benzene rings is 2. The minimum Gasteiger partial charge on any atom is -0.497 e. The number of carbonyl (C=O) groups is 1. The highest BCUT2D eigenvalue weighted by Crippen LogP contribution is 2.26. The third-order valence-corrected chi connectivity index (χ3v) is 5.49. The maximum absolute atomic E-state index is 12.8. The average Bonchev–Trinajstić information content (AvgIpc) is 2.70. The van der Waals surface area contributed by atoms with Crippen molar-refractivity contribution in [2.45, 2.75) is 18.2 Å². The van der Waals surface area contributed by atoms with Gasteiger partial charge in [0.15, 0.2) is 0 Å². The van der Waals surface area contributed by atoms with Crippen molar-refractivity contribution in [2.24, 2.45) is 0 Å². The van der Waals surface area contributed by atoms with Crippen molar-refractivity contribution in [1.29, 1.82) is 0 Å². The third-order valence-electron chi connectivity index (χ3n) is 4.01. The van der Waals surface area contributed by atoms with Gasteiger partial charge in [-0.25, -0.2) is 13.1 Å². The molecule has 2 rings (SSSR count). The topological polar surface area (TPSA) is 84.9 Å². The molecule has 2 aromatic rings. The fourth-order valence-corrected chi connectivity index (χ4v) is 3.78. The summed E-state index contributed by atoms with van der Waals surface area (Å²) in [4.78, 5) is 14.2. The Balaban J connectivity index is 2.37. The number of methoxy groups -OCH3 is 2. The van der Waals surface area contributed by atoms with Crippen LogP contribution in [0.3, 0.4) is 0 Å².